The number of nitrogens with one attached hydrogen (secondary N) is 1. The van der Waals surface area contributed by atoms with Gasteiger partial charge in [-0.3, -0.25) is 0 Å². The van der Waals surface area contributed by atoms with Crippen molar-refractivity contribution in [3.8, 4) is 0 Å². The molecule has 1 aromatic heterocycles. The monoisotopic (exact) mass is 283 g/mol. The molecule has 1 heterocycles. The van der Waals surface area contributed by atoms with Crippen LogP contribution in [0.5, 0.6) is 0 Å². The maximum atomic E-state index is 5.78. The van der Waals surface area contributed by atoms with Crippen LogP contribution in [0.25, 0.3) is 11.0 Å². The maximum Gasteiger partial charge on any atom is 0.134 e. The molecule has 3 heteroatoms. The second kappa shape index (κ2) is 5.63. The molecular formula is C17H17NOS. The average molecular weight is 283 g/mol. The van der Waals surface area contributed by atoms with Crippen LogP contribution < -0.4 is 5.32 Å². The Labute approximate surface area is 123 Å². The van der Waals surface area contributed by atoms with Gasteiger partial charge in [-0.15, -0.1) is 11.8 Å². The van der Waals surface area contributed by atoms with Gasteiger partial charge in [0, 0.05) is 28.1 Å². The van der Waals surface area contributed by atoms with Crippen molar-refractivity contribution in [2.75, 3.05) is 11.6 Å². The maximum absolute atomic E-state index is 5.78. The number of rotatable bonds is 4. The van der Waals surface area contributed by atoms with Crippen molar-refractivity contribution in [2.45, 2.75) is 18.4 Å². The van der Waals surface area contributed by atoms with E-state index in [1.54, 1.807) is 11.8 Å². The Morgan fingerprint density at radius 3 is 2.55 bits per heavy atom. The van der Waals surface area contributed by atoms with Gasteiger partial charge in [0.15, 0.2) is 0 Å². The van der Waals surface area contributed by atoms with Crippen molar-refractivity contribution in [3.05, 3.63) is 59.9 Å². The number of furan rings is 1. The summed E-state index contributed by atoms with van der Waals surface area (Å²) in [6, 6.07) is 16.7. The second-order valence-electron chi connectivity index (χ2n) is 4.72. The van der Waals surface area contributed by atoms with Crippen molar-refractivity contribution >= 4 is 28.4 Å². The van der Waals surface area contributed by atoms with E-state index in [1.807, 2.05) is 25.1 Å². The van der Waals surface area contributed by atoms with Gasteiger partial charge in [0.05, 0.1) is 0 Å². The molecule has 0 spiro atoms. The van der Waals surface area contributed by atoms with Crippen LogP contribution in [-0.4, -0.2) is 6.26 Å². The lowest BCUT2D eigenvalue weighted by molar-refractivity contribution is 0.573. The molecule has 0 aliphatic rings. The molecule has 2 aromatic carbocycles. The molecule has 2 nitrogen and oxygen atoms in total. The van der Waals surface area contributed by atoms with Crippen LogP contribution in [0.3, 0.4) is 0 Å². The molecule has 0 fully saturated rings. The fraction of sp³-hybridized carbons (Fsp3) is 0.176. The molecule has 20 heavy (non-hydrogen) atoms. The van der Waals surface area contributed by atoms with Crippen LogP contribution in [0, 0.1) is 6.92 Å². The van der Waals surface area contributed by atoms with Crippen molar-refractivity contribution in [3.63, 3.8) is 0 Å². The molecule has 102 valence electrons. The van der Waals surface area contributed by atoms with Gasteiger partial charge in [-0.05, 0) is 43.5 Å². The zero-order valence-electron chi connectivity index (χ0n) is 11.6. The van der Waals surface area contributed by atoms with Gasteiger partial charge in [-0.25, -0.2) is 0 Å². The third-order valence-electron chi connectivity index (χ3n) is 3.46. The van der Waals surface area contributed by atoms with Crippen LogP contribution in [0.15, 0.2) is 57.8 Å². The summed E-state index contributed by atoms with van der Waals surface area (Å²) in [5.74, 6) is 0.986. The molecule has 0 saturated heterocycles. The molecule has 3 rings (SSSR count). The third-order valence-corrected chi connectivity index (χ3v) is 4.20. The quantitative estimate of drug-likeness (QED) is 0.676. The summed E-state index contributed by atoms with van der Waals surface area (Å²) in [5, 5.41) is 4.65. The smallest absolute Gasteiger partial charge is 0.134 e. The van der Waals surface area contributed by atoms with Crippen molar-refractivity contribution in [1.29, 1.82) is 0 Å². The summed E-state index contributed by atoms with van der Waals surface area (Å²) in [4.78, 5) is 1.28. The molecule has 0 bridgehead atoms. The largest absolute Gasteiger partial charge is 0.461 e. The Hall–Kier alpha value is -1.87. The Bertz CT molecular complexity index is 715. The van der Waals surface area contributed by atoms with E-state index >= 15 is 0 Å². The van der Waals surface area contributed by atoms with Crippen molar-refractivity contribution in [1.82, 2.24) is 0 Å². The average Bonchev–Trinajstić information content (AvgIpc) is 2.81. The molecule has 0 unspecified atom stereocenters. The van der Waals surface area contributed by atoms with E-state index in [0.29, 0.717) is 0 Å². The highest BCUT2D eigenvalue weighted by Gasteiger charge is 2.09. The molecule has 0 radical (unpaired) electrons. The van der Waals surface area contributed by atoms with Gasteiger partial charge in [0.1, 0.15) is 11.3 Å². The minimum atomic E-state index is 0.779. The Morgan fingerprint density at radius 1 is 1.05 bits per heavy atom. The minimum Gasteiger partial charge on any atom is -0.461 e. The first-order valence-corrected chi connectivity index (χ1v) is 7.85. The molecule has 0 aliphatic heterocycles. The van der Waals surface area contributed by atoms with Gasteiger partial charge in [0.2, 0.25) is 0 Å². The first-order valence-electron chi connectivity index (χ1n) is 6.63. The Morgan fingerprint density at radius 2 is 1.80 bits per heavy atom. The lowest BCUT2D eigenvalue weighted by atomic mass is 10.1. The van der Waals surface area contributed by atoms with E-state index in [9.17, 15) is 0 Å². The van der Waals surface area contributed by atoms with Crippen LogP contribution in [0.2, 0.25) is 0 Å². The molecule has 0 saturated carbocycles. The summed E-state index contributed by atoms with van der Waals surface area (Å²) >= 11 is 1.75. The summed E-state index contributed by atoms with van der Waals surface area (Å²) in [6.45, 7) is 2.80. The highest BCUT2D eigenvalue weighted by Crippen LogP contribution is 2.26. The van der Waals surface area contributed by atoms with Crippen LogP contribution in [0.4, 0.5) is 5.69 Å². The lowest BCUT2D eigenvalue weighted by Gasteiger charge is -2.07. The zero-order chi connectivity index (χ0) is 13.9. The SMILES string of the molecule is CSc1ccc(NCc2c(C)oc3ccccc23)cc1. The van der Waals surface area contributed by atoms with Gasteiger partial charge in [-0.1, -0.05) is 18.2 Å². The molecule has 1 N–H and O–H groups in total. The van der Waals surface area contributed by atoms with Gasteiger partial charge >= 0.3 is 0 Å². The van der Waals surface area contributed by atoms with E-state index in [4.69, 9.17) is 4.42 Å². The number of anilines is 1. The Kier molecular flexibility index (Phi) is 3.70. The number of thioether (sulfide) groups is 1. The minimum absolute atomic E-state index is 0.779. The normalized spacial score (nSPS) is 10.9. The van der Waals surface area contributed by atoms with Gasteiger partial charge in [0.25, 0.3) is 0 Å². The fourth-order valence-corrected chi connectivity index (χ4v) is 2.75. The van der Waals surface area contributed by atoms with E-state index < -0.39 is 0 Å². The van der Waals surface area contributed by atoms with Crippen molar-refractivity contribution in [2.24, 2.45) is 0 Å². The zero-order valence-corrected chi connectivity index (χ0v) is 12.5. The van der Waals surface area contributed by atoms with Crippen LogP contribution in [-0.2, 0) is 6.54 Å². The first kappa shape index (κ1) is 13.1. The summed E-state index contributed by atoms with van der Waals surface area (Å²) < 4.78 is 5.78. The summed E-state index contributed by atoms with van der Waals surface area (Å²) in [7, 11) is 0. The highest BCUT2D eigenvalue weighted by atomic mass is 32.2. The summed E-state index contributed by atoms with van der Waals surface area (Å²) in [6.07, 6.45) is 2.09. The standard InChI is InChI=1S/C17H17NOS/c1-12-16(15-5-3-4-6-17(15)19-12)11-18-13-7-9-14(20-2)10-8-13/h3-10,18H,11H2,1-2H3. The predicted octanol–water partition coefficient (Wildman–Crippen LogP) is 5.08. The number of hydrogen-bond donors (Lipinski definition) is 1. The molecule has 0 aliphatic carbocycles. The first-order chi connectivity index (χ1) is 9.78. The molecule has 0 amide bonds. The molecule has 3 aromatic rings. The van der Waals surface area contributed by atoms with E-state index in [2.05, 4.69) is 41.9 Å². The predicted molar refractivity (Wildman–Crippen MR) is 86.5 cm³/mol. The lowest BCUT2D eigenvalue weighted by Crippen LogP contribution is -1.99. The van der Waals surface area contributed by atoms with Crippen LogP contribution in [0.1, 0.15) is 11.3 Å². The second-order valence-corrected chi connectivity index (χ2v) is 5.59. The topological polar surface area (TPSA) is 25.2 Å². The van der Waals surface area contributed by atoms with E-state index in [0.717, 1.165) is 23.6 Å². The van der Waals surface area contributed by atoms with Crippen LogP contribution >= 0.6 is 11.8 Å². The van der Waals surface area contributed by atoms with Crippen molar-refractivity contribution < 1.29 is 4.42 Å². The fourth-order valence-electron chi connectivity index (χ4n) is 2.34. The molecule has 0 atom stereocenters. The van der Waals surface area contributed by atoms with Gasteiger partial charge < -0.3 is 9.73 Å². The number of para-hydroxylation sites is 1. The number of hydrogen-bond acceptors (Lipinski definition) is 3. The van der Waals surface area contributed by atoms with Gasteiger partial charge in [-0.2, -0.15) is 0 Å². The number of fused-ring (bicyclic) bond motifs is 1. The van der Waals surface area contributed by atoms with E-state index in [1.165, 1.54) is 15.8 Å². The number of benzene rings is 2. The van der Waals surface area contributed by atoms with E-state index in [-0.39, 0.29) is 0 Å². The summed E-state index contributed by atoms with van der Waals surface area (Å²) in [5.41, 5.74) is 3.32. The Balaban J connectivity index is 1.80. The molecular weight excluding hydrogens is 266 g/mol. The number of aryl methyl sites for hydroxylation is 1. The highest BCUT2D eigenvalue weighted by molar-refractivity contribution is 7.98. The third kappa shape index (κ3) is 2.54.